The lowest BCUT2D eigenvalue weighted by Crippen LogP contribution is -2.34. The molecule has 0 saturated carbocycles. The molecule has 8 nitrogen and oxygen atoms in total. The second-order valence-electron chi connectivity index (χ2n) is 7.78. The average Bonchev–Trinajstić information content (AvgIpc) is 3.23. The number of methoxy groups -OCH3 is 2. The highest BCUT2D eigenvalue weighted by Crippen LogP contribution is 2.32. The predicted octanol–water partition coefficient (Wildman–Crippen LogP) is 3.46. The zero-order valence-electron chi connectivity index (χ0n) is 19.3. The van der Waals surface area contributed by atoms with Crippen LogP contribution in [0.2, 0.25) is 0 Å². The van der Waals surface area contributed by atoms with E-state index in [-0.39, 0.29) is 23.0 Å². The number of nitrogens with zero attached hydrogens (tertiary/aromatic N) is 3. The number of rotatable bonds is 11. The Hall–Kier alpha value is -2.69. The molecule has 0 bridgehead atoms. The first-order valence-corrected chi connectivity index (χ1v) is 13.0. The predicted molar refractivity (Wildman–Crippen MR) is 131 cm³/mol. The molecule has 178 valence electrons. The van der Waals surface area contributed by atoms with Crippen molar-refractivity contribution in [3.05, 3.63) is 42.5 Å². The van der Waals surface area contributed by atoms with Crippen molar-refractivity contribution >= 4 is 42.4 Å². The second kappa shape index (κ2) is 11.0. The van der Waals surface area contributed by atoms with E-state index < -0.39 is 9.84 Å². The van der Waals surface area contributed by atoms with Gasteiger partial charge in [-0.1, -0.05) is 11.3 Å². The number of amides is 1. The molecular formula is C23H29N3O5S2. The highest BCUT2D eigenvalue weighted by molar-refractivity contribution is 7.91. The third-order valence-corrected chi connectivity index (χ3v) is 7.88. The summed E-state index contributed by atoms with van der Waals surface area (Å²) in [6.07, 6.45) is 0.610. The third-order valence-electron chi connectivity index (χ3n) is 5.11. The van der Waals surface area contributed by atoms with Crippen LogP contribution in [0.3, 0.4) is 0 Å². The Kier molecular flexibility index (Phi) is 8.28. The number of aromatic nitrogens is 1. The lowest BCUT2D eigenvalue weighted by molar-refractivity contribution is -0.118. The summed E-state index contributed by atoms with van der Waals surface area (Å²) in [6, 6.07) is 11.7. The summed E-state index contributed by atoms with van der Waals surface area (Å²) in [7, 11) is 3.45. The second-order valence-corrected chi connectivity index (χ2v) is 10.9. The number of anilines is 1. The lowest BCUT2D eigenvalue weighted by atomic mass is 10.3. The summed E-state index contributed by atoms with van der Waals surface area (Å²) in [5.41, 5.74) is 0.770. The molecule has 0 aliphatic heterocycles. The highest BCUT2D eigenvalue weighted by atomic mass is 32.2. The van der Waals surface area contributed by atoms with E-state index in [2.05, 4.69) is 4.98 Å². The van der Waals surface area contributed by atoms with Crippen LogP contribution < -0.4 is 14.4 Å². The fourth-order valence-electron chi connectivity index (χ4n) is 3.26. The summed E-state index contributed by atoms with van der Waals surface area (Å²) in [6.45, 7) is 1.25. The Morgan fingerprint density at radius 3 is 2.30 bits per heavy atom. The number of thiazole rings is 1. The van der Waals surface area contributed by atoms with Gasteiger partial charge in [0.15, 0.2) is 15.0 Å². The van der Waals surface area contributed by atoms with E-state index >= 15 is 0 Å². The normalized spacial score (nSPS) is 11.7. The van der Waals surface area contributed by atoms with Gasteiger partial charge >= 0.3 is 0 Å². The number of ether oxygens (including phenoxy) is 2. The number of hydrogen-bond donors (Lipinski definition) is 0. The molecule has 0 atom stereocenters. The minimum Gasteiger partial charge on any atom is -0.497 e. The SMILES string of the molecule is COc1ccc(S(=O)(=O)CCC(=O)N(CCCN(C)C)c2nc3ccc(OC)cc3s2)cc1. The van der Waals surface area contributed by atoms with Crippen LogP contribution in [-0.2, 0) is 14.6 Å². The van der Waals surface area contributed by atoms with Gasteiger partial charge in [0.2, 0.25) is 5.91 Å². The van der Waals surface area contributed by atoms with Crippen molar-refractivity contribution in [2.45, 2.75) is 17.7 Å². The number of carbonyl (C=O) groups is 1. The summed E-state index contributed by atoms with van der Waals surface area (Å²) in [5, 5.41) is 0.559. The minimum atomic E-state index is -3.61. The molecule has 0 N–H and O–H groups in total. The zero-order chi connectivity index (χ0) is 24.0. The summed E-state index contributed by atoms with van der Waals surface area (Å²) >= 11 is 1.39. The molecule has 0 aliphatic carbocycles. The standard InChI is InChI=1S/C23H29N3O5S2/c1-25(2)13-5-14-26(23-24-20-11-8-18(31-4)16-21(20)32-23)22(27)12-15-33(28,29)19-9-6-17(30-3)7-10-19/h6-11,16H,5,12-15H2,1-4H3. The van der Waals surface area contributed by atoms with E-state index in [0.29, 0.717) is 23.2 Å². The van der Waals surface area contributed by atoms with Gasteiger partial charge in [0, 0.05) is 13.0 Å². The van der Waals surface area contributed by atoms with Gasteiger partial charge < -0.3 is 14.4 Å². The molecule has 1 amide bonds. The molecule has 33 heavy (non-hydrogen) atoms. The number of benzene rings is 2. The van der Waals surface area contributed by atoms with E-state index in [1.54, 1.807) is 24.1 Å². The molecule has 0 spiro atoms. The average molecular weight is 492 g/mol. The Morgan fingerprint density at radius 2 is 1.67 bits per heavy atom. The maximum Gasteiger partial charge on any atom is 0.229 e. The molecule has 0 saturated heterocycles. The van der Waals surface area contributed by atoms with E-state index in [9.17, 15) is 13.2 Å². The molecule has 0 aliphatic rings. The fraction of sp³-hybridized carbons (Fsp3) is 0.391. The fourth-order valence-corrected chi connectivity index (χ4v) is 5.53. The molecule has 3 rings (SSSR count). The van der Waals surface area contributed by atoms with E-state index in [1.807, 2.05) is 37.2 Å². The Bertz CT molecular complexity index is 1190. The van der Waals surface area contributed by atoms with Crippen LogP contribution in [0.4, 0.5) is 5.13 Å². The van der Waals surface area contributed by atoms with Gasteiger partial charge in [-0.05, 0) is 69.5 Å². The van der Waals surface area contributed by atoms with Crippen molar-refractivity contribution < 1.29 is 22.7 Å². The van der Waals surface area contributed by atoms with Crippen molar-refractivity contribution in [3.63, 3.8) is 0 Å². The lowest BCUT2D eigenvalue weighted by Gasteiger charge is -2.21. The summed E-state index contributed by atoms with van der Waals surface area (Å²) in [4.78, 5) is 21.6. The van der Waals surface area contributed by atoms with E-state index in [0.717, 1.165) is 23.2 Å². The van der Waals surface area contributed by atoms with Gasteiger partial charge in [-0.25, -0.2) is 13.4 Å². The molecule has 1 heterocycles. The molecule has 0 unspecified atom stereocenters. The molecule has 0 fully saturated rings. The Labute approximate surface area is 198 Å². The van der Waals surface area contributed by atoms with E-state index in [4.69, 9.17) is 9.47 Å². The number of fused-ring (bicyclic) bond motifs is 1. The van der Waals surface area contributed by atoms with Gasteiger partial charge in [0.25, 0.3) is 0 Å². The van der Waals surface area contributed by atoms with Crippen LogP contribution in [0.1, 0.15) is 12.8 Å². The van der Waals surface area contributed by atoms with Crippen molar-refractivity contribution in [3.8, 4) is 11.5 Å². The Morgan fingerprint density at radius 1 is 1.00 bits per heavy atom. The van der Waals surface area contributed by atoms with Crippen molar-refractivity contribution in [2.75, 3.05) is 52.1 Å². The van der Waals surface area contributed by atoms with Crippen LogP contribution in [0.5, 0.6) is 11.5 Å². The minimum absolute atomic E-state index is 0.129. The summed E-state index contributed by atoms with van der Waals surface area (Å²) < 4.78 is 36.8. The molecule has 3 aromatic rings. The van der Waals surface area contributed by atoms with Crippen LogP contribution in [-0.4, -0.2) is 71.4 Å². The molecular weight excluding hydrogens is 462 g/mol. The first-order chi connectivity index (χ1) is 15.7. The Balaban J connectivity index is 1.78. The van der Waals surface area contributed by atoms with Crippen molar-refractivity contribution in [1.29, 1.82) is 0 Å². The van der Waals surface area contributed by atoms with Crippen molar-refractivity contribution in [1.82, 2.24) is 9.88 Å². The maximum absolute atomic E-state index is 13.2. The first kappa shape index (κ1) is 24.9. The van der Waals surface area contributed by atoms with Gasteiger partial charge in [-0.15, -0.1) is 0 Å². The van der Waals surface area contributed by atoms with Crippen LogP contribution in [0.15, 0.2) is 47.4 Å². The van der Waals surface area contributed by atoms with Crippen molar-refractivity contribution in [2.24, 2.45) is 0 Å². The van der Waals surface area contributed by atoms with Gasteiger partial charge in [0.1, 0.15) is 11.5 Å². The highest BCUT2D eigenvalue weighted by Gasteiger charge is 2.23. The quantitative estimate of drug-likeness (QED) is 0.406. The molecule has 10 heteroatoms. The van der Waals surface area contributed by atoms with Gasteiger partial charge in [-0.3, -0.25) is 9.69 Å². The zero-order valence-corrected chi connectivity index (χ0v) is 20.9. The smallest absolute Gasteiger partial charge is 0.229 e. The molecule has 0 radical (unpaired) electrons. The topological polar surface area (TPSA) is 89.0 Å². The molecule has 2 aromatic carbocycles. The monoisotopic (exact) mass is 491 g/mol. The largest absolute Gasteiger partial charge is 0.497 e. The van der Waals surface area contributed by atoms with Gasteiger partial charge in [-0.2, -0.15) is 0 Å². The van der Waals surface area contributed by atoms with E-state index in [1.165, 1.54) is 30.6 Å². The number of carbonyl (C=O) groups excluding carboxylic acids is 1. The molecule has 1 aromatic heterocycles. The van der Waals surface area contributed by atoms with Crippen LogP contribution in [0, 0.1) is 0 Å². The number of hydrogen-bond acceptors (Lipinski definition) is 8. The third kappa shape index (κ3) is 6.43. The summed E-state index contributed by atoms with van der Waals surface area (Å²) in [5.74, 6) is 0.747. The van der Waals surface area contributed by atoms with Crippen LogP contribution >= 0.6 is 11.3 Å². The van der Waals surface area contributed by atoms with Gasteiger partial charge in [0.05, 0.1) is 35.1 Å². The number of sulfone groups is 1. The first-order valence-electron chi connectivity index (χ1n) is 10.5. The van der Waals surface area contributed by atoms with Crippen LogP contribution in [0.25, 0.3) is 10.2 Å². The maximum atomic E-state index is 13.2.